The van der Waals surface area contributed by atoms with Crippen LogP contribution in [0.1, 0.15) is 6.42 Å². The zero-order chi connectivity index (χ0) is 18.1. The highest BCUT2D eigenvalue weighted by atomic mass is 35.5. The minimum Gasteiger partial charge on any atom is -0.288 e. The number of halogens is 2. The predicted molar refractivity (Wildman–Crippen MR) is 102 cm³/mol. The molecule has 0 spiro atoms. The van der Waals surface area contributed by atoms with E-state index in [0.717, 1.165) is 17.6 Å². The van der Waals surface area contributed by atoms with Crippen molar-refractivity contribution >= 4 is 34.8 Å². The summed E-state index contributed by atoms with van der Waals surface area (Å²) < 4.78 is 0. The lowest BCUT2D eigenvalue weighted by Crippen LogP contribution is -1.91. The van der Waals surface area contributed by atoms with Gasteiger partial charge in [0.2, 0.25) is 11.6 Å². The molecule has 0 saturated heterocycles. The molecule has 0 amide bonds. The molecule has 0 aromatic heterocycles. The lowest BCUT2D eigenvalue weighted by atomic mass is 10.0. The number of carbonyl (C=O) groups is 2. The van der Waals surface area contributed by atoms with E-state index in [2.05, 4.69) is 11.5 Å². The third-order valence-electron chi connectivity index (χ3n) is 3.19. The van der Waals surface area contributed by atoms with Crippen LogP contribution in [0.5, 0.6) is 0 Å². The summed E-state index contributed by atoms with van der Waals surface area (Å²) in [6, 6.07) is 0. The van der Waals surface area contributed by atoms with Gasteiger partial charge >= 0.3 is 0 Å². The number of hydrogen-bond donors (Lipinski definition) is 0. The Bertz CT molecular complexity index is 818. The predicted octanol–water partition coefficient (Wildman–Crippen LogP) is 5.18. The van der Waals surface area contributed by atoms with Crippen LogP contribution in [-0.2, 0) is 9.59 Å². The average molecular weight is 369 g/mol. The van der Waals surface area contributed by atoms with E-state index in [0.29, 0.717) is 0 Å². The largest absolute Gasteiger partial charge is 0.288 e. The van der Waals surface area contributed by atoms with Gasteiger partial charge < -0.3 is 0 Å². The molecule has 0 fully saturated rings. The molecule has 0 saturated carbocycles. The zero-order valence-corrected chi connectivity index (χ0v) is 14.7. The summed E-state index contributed by atoms with van der Waals surface area (Å²) in [7, 11) is 0. The summed E-state index contributed by atoms with van der Waals surface area (Å²) in [6.45, 7) is 0. The Kier molecular flexibility index (Phi) is 7.22. The molecule has 4 heteroatoms. The van der Waals surface area contributed by atoms with Gasteiger partial charge in [0.05, 0.1) is 0 Å². The van der Waals surface area contributed by atoms with Gasteiger partial charge in [0.15, 0.2) is 0 Å². The fourth-order valence-corrected chi connectivity index (χ4v) is 2.18. The Morgan fingerprint density at radius 3 is 1.48 bits per heavy atom. The molecule has 2 nitrogen and oxygen atoms in total. The van der Waals surface area contributed by atoms with Crippen LogP contribution in [0.25, 0.3) is 0 Å². The van der Waals surface area contributed by atoms with Crippen LogP contribution in [0, 0.1) is 0 Å². The van der Waals surface area contributed by atoms with Gasteiger partial charge in [0.1, 0.15) is 10.1 Å². The lowest BCUT2D eigenvalue weighted by molar-refractivity contribution is -0.111. The minimum absolute atomic E-state index is 0.203. The smallest absolute Gasteiger partial charge is 0.205 e. The van der Waals surface area contributed by atoms with Crippen molar-refractivity contribution in [1.82, 2.24) is 0 Å². The van der Waals surface area contributed by atoms with E-state index in [1.807, 2.05) is 36.5 Å². The van der Waals surface area contributed by atoms with E-state index < -0.39 is 11.6 Å². The fraction of sp³-hybridized carbons (Fsp3) is 0.0476. The Balaban J connectivity index is 2.43. The van der Waals surface area contributed by atoms with Crippen molar-refractivity contribution in [3.05, 3.63) is 106 Å². The number of carbonyl (C=O) groups excluding carboxylic acids is 2. The molecular weight excluding hydrogens is 355 g/mol. The maximum atomic E-state index is 11.8. The first-order chi connectivity index (χ1) is 12.1. The topological polar surface area (TPSA) is 34.1 Å². The number of ketones is 2. The molecular formula is C21H14Cl2O2. The van der Waals surface area contributed by atoms with Gasteiger partial charge in [-0.05, 0) is 41.2 Å². The van der Waals surface area contributed by atoms with E-state index >= 15 is 0 Å². The van der Waals surface area contributed by atoms with Crippen LogP contribution in [0.15, 0.2) is 106 Å². The van der Waals surface area contributed by atoms with Gasteiger partial charge in [0, 0.05) is 0 Å². The van der Waals surface area contributed by atoms with Gasteiger partial charge in [-0.3, -0.25) is 9.59 Å². The SMILES string of the molecule is O=C1/C=C/C=C/C2=CC=CC=C(/C=C/C=C/C(=O)C(Cl)=C=C=C1Cl)C2. The monoisotopic (exact) mass is 368 g/mol. The highest BCUT2D eigenvalue weighted by Crippen LogP contribution is 2.17. The highest BCUT2D eigenvalue weighted by molar-refractivity contribution is 6.45. The van der Waals surface area contributed by atoms with E-state index in [1.54, 1.807) is 24.3 Å². The molecule has 2 rings (SSSR count). The van der Waals surface area contributed by atoms with Crippen LogP contribution in [0.4, 0.5) is 0 Å². The normalized spacial score (nSPS) is 23.4. The second-order valence-corrected chi connectivity index (χ2v) is 5.84. The van der Waals surface area contributed by atoms with Crippen LogP contribution < -0.4 is 0 Å². The third-order valence-corrected chi connectivity index (χ3v) is 3.75. The average Bonchev–Trinajstić information content (AvgIpc) is 2.84. The summed E-state index contributed by atoms with van der Waals surface area (Å²) in [5.74, 6) is -0.903. The standard InChI is InChI=1S/C21H14Cl2O2/c22-18-13-14-19(23)21(25)12-6-4-10-17-8-2-1-7-16(15-17)9-3-5-11-20(18)24/h1-12H,15H2/b9-3+,10-4+,11-5+,12-6+,19-18?. The van der Waals surface area contributed by atoms with E-state index in [1.165, 1.54) is 12.2 Å². The van der Waals surface area contributed by atoms with Gasteiger partial charge in [-0.15, -0.1) is 0 Å². The molecule has 0 unspecified atom stereocenters. The van der Waals surface area contributed by atoms with Crippen LogP contribution in [-0.4, -0.2) is 11.6 Å². The molecule has 0 aliphatic heterocycles. The molecule has 0 heterocycles. The number of rotatable bonds is 0. The Labute approximate surface area is 156 Å². The molecule has 25 heavy (non-hydrogen) atoms. The van der Waals surface area contributed by atoms with Crippen molar-refractivity contribution in [2.24, 2.45) is 0 Å². The maximum Gasteiger partial charge on any atom is 0.205 e. The molecule has 0 N–H and O–H groups in total. The number of fused-ring (bicyclic) bond motifs is 2. The van der Waals surface area contributed by atoms with Crippen molar-refractivity contribution in [3.63, 3.8) is 0 Å². The third kappa shape index (κ3) is 6.43. The molecule has 0 atom stereocenters. The molecule has 0 aromatic carbocycles. The quantitative estimate of drug-likeness (QED) is 0.552. The van der Waals surface area contributed by atoms with Gasteiger partial charge in [-0.25, -0.2) is 0 Å². The first-order valence-corrected chi connectivity index (χ1v) is 8.23. The molecule has 124 valence electrons. The summed E-state index contributed by atoms with van der Waals surface area (Å²) in [6.07, 6.45) is 21.8. The summed E-state index contributed by atoms with van der Waals surface area (Å²) in [5, 5.41) is -0.406. The maximum absolute atomic E-state index is 11.8. The van der Waals surface area contributed by atoms with Crippen molar-refractivity contribution in [2.45, 2.75) is 6.42 Å². The molecule has 2 aliphatic carbocycles. The molecule has 0 aromatic rings. The van der Waals surface area contributed by atoms with Crippen molar-refractivity contribution in [1.29, 1.82) is 0 Å². The van der Waals surface area contributed by atoms with Crippen molar-refractivity contribution < 1.29 is 9.59 Å². The first kappa shape index (κ1) is 18.7. The van der Waals surface area contributed by atoms with E-state index in [9.17, 15) is 9.59 Å². The lowest BCUT2D eigenvalue weighted by Gasteiger charge is -2.00. The number of allylic oxidation sites excluding steroid dienone is 16. The van der Waals surface area contributed by atoms with E-state index in [4.69, 9.17) is 23.2 Å². The second kappa shape index (κ2) is 9.64. The Morgan fingerprint density at radius 1 is 0.640 bits per heavy atom. The highest BCUT2D eigenvalue weighted by Gasteiger charge is 2.03. The van der Waals surface area contributed by atoms with Gasteiger partial charge in [0.25, 0.3) is 0 Å². The number of hydrogen-bond acceptors (Lipinski definition) is 2. The van der Waals surface area contributed by atoms with Crippen molar-refractivity contribution in [2.75, 3.05) is 0 Å². The zero-order valence-electron chi connectivity index (χ0n) is 13.2. The Morgan fingerprint density at radius 2 is 1.04 bits per heavy atom. The second-order valence-electron chi connectivity index (χ2n) is 5.09. The summed E-state index contributed by atoms with van der Waals surface area (Å²) in [4.78, 5) is 23.7. The van der Waals surface area contributed by atoms with Crippen LogP contribution in [0.3, 0.4) is 0 Å². The first-order valence-electron chi connectivity index (χ1n) is 7.48. The fourth-order valence-electron chi connectivity index (χ4n) is 1.96. The molecule has 2 aliphatic rings. The minimum atomic E-state index is -0.451. The molecule has 2 bridgehead atoms. The van der Waals surface area contributed by atoms with Crippen LogP contribution in [0.2, 0.25) is 0 Å². The summed E-state index contributed by atoms with van der Waals surface area (Å²) >= 11 is 11.6. The van der Waals surface area contributed by atoms with Crippen LogP contribution >= 0.6 is 23.2 Å². The Hall–Kier alpha value is -2.60. The van der Waals surface area contributed by atoms with Gasteiger partial charge in [-0.2, -0.15) is 0 Å². The summed E-state index contributed by atoms with van der Waals surface area (Å²) in [5.41, 5.74) is 6.94. The van der Waals surface area contributed by atoms with E-state index in [-0.39, 0.29) is 10.1 Å². The van der Waals surface area contributed by atoms with Gasteiger partial charge in [-0.1, -0.05) is 84.0 Å². The van der Waals surface area contributed by atoms with Crippen molar-refractivity contribution in [3.8, 4) is 0 Å². The molecule has 0 radical (unpaired) electrons.